The molecule has 1 aromatic carbocycles. The Morgan fingerprint density at radius 1 is 1.00 bits per heavy atom. The lowest BCUT2D eigenvalue weighted by Gasteiger charge is -2.20. The first-order valence-corrected chi connectivity index (χ1v) is 9.64. The standard InChI is InChI=1S/C23H28N2O2/c1-7-18(8-2)25-20-13-17(6)24-23(19(20)9-10-21(25)26)27-22-15(4)11-14(3)12-16(22)5/h9-13,18H,7-8H2,1-6H3. The molecule has 0 amide bonds. The van der Waals surface area contributed by atoms with Crippen LogP contribution in [-0.4, -0.2) is 9.55 Å². The maximum Gasteiger partial charge on any atom is 0.251 e. The molecule has 0 unspecified atom stereocenters. The zero-order chi connectivity index (χ0) is 19.7. The number of pyridine rings is 2. The molecule has 4 nitrogen and oxygen atoms in total. The minimum atomic E-state index is 0.0236. The van der Waals surface area contributed by atoms with Crippen LogP contribution in [0.25, 0.3) is 10.9 Å². The van der Waals surface area contributed by atoms with Crippen molar-refractivity contribution in [3.8, 4) is 11.6 Å². The van der Waals surface area contributed by atoms with E-state index in [0.717, 1.165) is 46.3 Å². The van der Waals surface area contributed by atoms with Gasteiger partial charge >= 0.3 is 0 Å². The summed E-state index contributed by atoms with van der Waals surface area (Å²) in [4.78, 5) is 17.3. The van der Waals surface area contributed by atoms with Gasteiger partial charge in [-0.2, -0.15) is 0 Å². The topological polar surface area (TPSA) is 44.1 Å². The zero-order valence-electron chi connectivity index (χ0n) is 17.1. The number of aromatic nitrogens is 2. The first kappa shape index (κ1) is 19.2. The lowest BCUT2D eigenvalue weighted by atomic mass is 10.1. The zero-order valence-corrected chi connectivity index (χ0v) is 17.1. The van der Waals surface area contributed by atoms with Crippen molar-refractivity contribution < 1.29 is 4.74 Å². The van der Waals surface area contributed by atoms with E-state index in [9.17, 15) is 4.79 Å². The van der Waals surface area contributed by atoms with Crippen LogP contribution in [0.2, 0.25) is 0 Å². The summed E-state index contributed by atoms with van der Waals surface area (Å²) in [6.45, 7) is 12.4. The second kappa shape index (κ2) is 7.55. The average molecular weight is 364 g/mol. The third-order valence-electron chi connectivity index (χ3n) is 5.13. The Morgan fingerprint density at radius 2 is 1.63 bits per heavy atom. The summed E-state index contributed by atoms with van der Waals surface area (Å²) in [5.41, 5.74) is 5.12. The van der Waals surface area contributed by atoms with Crippen molar-refractivity contribution in [3.63, 3.8) is 0 Å². The largest absolute Gasteiger partial charge is 0.438 e. The fourth-order valence-corrected chi connectivity index (χ4v) is 3.88. The number of ether oxygens (including phenoxy) is 1. The third kappa shape index (κ3) is 3.61. The second-order valence-electron chi connectivity index (χ2n) is 7.34. The molecule has 27 heavy (non-hydrogen) atoms. The quantitative estimate of drug-likeness (QED) is 0.576. The molecule has 0 radical (unpaired) electrons. The Balaban J connectivity index is 2.24. The predicted octanol–water partition coefficient (Wildman–Crippen LogP) is 5.78. The van der Waals surface area contributed by atoms with Crippen molar-refractivity contribution in [2.45, 2.75) is 60.4 Å². The smallest absolute Gasteiger partial charge is 0.251 e. The highest BCUT2D eigenvalue weighted by Crippen LogP contribution is 2.33. The molecule has 4 heteroatoms. The van der Waals surface area contributed by atoms with Crippen LogP contribution in [0.3, 0.4) is 0 Å². The molecule has 3 aromatic rings. The number of fused-ring (bicyclic) bond motifs is 1. The molecular formula is C23H28N2O2. The molecule has 0 aliphatic heterocycles. The SMILES string of the molecule is CCC(CC)n1c(=O)ccc2c(Oc3c(C)cc(C)cc3C)nc(C)cc21. The molecule has 0 atom stereocenters. The number of aryl methyl sites for hydroxylation is 4. The number of hydrogen-bond donors (Lipinski definition) is 0. The van der Waals surface area contributed by atoms with Gasteiger partial charge in [0, 0.05) is 17.8 Å². The highest BCUT2D eigenvalue weighted by molar-refractivity contribution is 5.84. The molecule has 0 aliphatic rings. The summed E-state index contributed by atoms with van der Waals surface area (Å²) in [5, 5.41) is 0.867. The maximum atomic E-state index is 12.6. The Kier molecular flexibility index (Phi) is 5.36. The van der Waals surface area contributed by atoms with E-state index in [0.29, 0.717) is 5.88 Å². The Labute approximate surface area is 160 Å². The van der Waals surface area contributed by atoms with Gasteiger partial charge in [0.15, 0.2) is 0 Å². The van der Waals surface area contributed by atoms with Crippen LogP contribution < -0.4 is 10.3 Å². The van der Waals surface area contributed by atoms with Gasteiger partial charge in [-0.15, -0.1) is 0 Å². The van der Waals surface area contributed by atoms with E-state index in [1.165, 1.54) is 5.56 Å². The van der Waals surface area contributed by atoms with Gasteiger partial charge in [-0.25, -0.2) is 4.98 Å². The van der Waals surface area contributed by atoms with Crippen LogP contribution in [-0.2, 0) is 0 Å². The molecule has 2 aromatic heterocycles. The molecule has 0 fully saturated rings. The molecule has 2 heterocycles. The van der Waals surface area contributed by atoms with Crippen LogP contribution in [0.4, 0.5) is 0 Å². The van der Waals surface area contributed by atoms with Gasteiger partial charge in [0.2, 0.25) is 5.88 Å². The summed E-state index contributed by atoms with van der Waals surface area (Å²) < 4.78 is 8.20. The van der Waals surface area contributed by atoms with Gasteiger partial charge in [-0.3, -0.25) is 4.79 Å². The third-order valence-corrected chi connectivity index (χ3v) is 5.13. The van der Waals surface area contributed by atoms with Gasteiger partial charge in [0.05, 0.1) is 10.9 Å². The van der Waals surface area contributed by atoms with E-state index in [2.05, 4.69) is 37.9 Å². The fraction of sp³-hybridized carbons (Fsp3) is 0.391. The molecule has 0 spiro atoms. The van der Waals surface area contributed by atoms with Crippen LogP contribution >= 0.6 is 0 Å². The number of hydrogen-bond acceptors (Lipinski definition) is 3. The summed E-state index contributed by atoms with van der Waals surface area (Å²) in [6.07, 6.45) is 1.81. The minimum absolute atomic E-state index is 0.0236. The molecule has 0 saturated heterocycles. The van der Waals surface area contributed by atoms with Crippen LogP contribution in [0, 0.1) is 27.7 Å². The Morgan fingerprint density at radius 3 is 2.22 bits per heavy atom. The summed E-state index contributed by atoms with van der Waals surface area (Å²) in [7, 11) is 0. The van der Waals surface area contributed by atoms with Crippen molar-refractivity contribution in [1.29, 1.82) is 0 Å². The number of rotatable bonds is 5. The lowest BCUT2D eigenvalue weighted by molar-refractivity contribution is 0.456. The van der Waals surface area contributed by atoms with E-state index in [-0.39, 0.29) is 11.6 Å². The molecule has 0 N–H and O–H groups in total. The summed E-state index contributed by atoms with van der Waals surface area (Å²) in [6, 6.07) is 9.83. The van der Waals surface area contributed by atoms with Crippen LogP contribution in [0.5, 0.6) is 11.6 Å². The Hall–Kier alpha value is -2.62. The van der Waals surface area contributed by atoms with Crippen LogP contribution in [0.15, 0.2) is 35.1 Å². The van der Waals surface area contributed by atoms with Crippen molar-refractivity contribution in [2.24, 2.45) is 0 Å². The molecule has 3 rings (SSSR count). The number of benzene rings is 1. The minimum Gasteiger partial charge on any atom is -0.438 e. The van der Waals surface area contributed by atoms with Gasteiger partial charge in [-0.05, 0) is 63.8 Å². The highest BCUT2D eigenvalue weighted by Gasteiger charge is 2.17. The van der Waals surface area contributed by atoms with Crippen molar-refractivity contribution >= 4 is 10.9 Å². The Bertz CT molecular complexity index is 1020. The van der Waals surface area contributed by atoms with Gasteiger partial charge < -0.3 is 9.30 Å². The lowest BCUT2D eigenvalue weighted by Crippen LogP contribution is -2.24. The second-order valence-corrected chi connectivity index (χ2v) is 7.34. The normalized spacial score (nSPS) is 11.4. The van der Waals surface area contributed by atoms with Crippen LogP contribution in [0.1, 0.15) is 55.1 Å². The van der Waals surface area contributed by atoms with Crippen molar-refractivity contribution in [2.75, 3.05) is 0 Å². The van der Waals surface area contributed by atoms with Gasteiger partial charge in [0.25, 0.3) is 5.56 Å². The molecule has 0 aliphatic carbocycles. The molecule has 0 bridgehead atoms. The van der Waals surface area contributed by atoms with E-state index in [4.69, 9.17) is 4.74 Å². The van der Waals surface area contributed by atoms with Crippen molar-refractivity contribution in [1.82, 2.24) is 9.55 Å². The fourth-order valence-electron chi connectivity index (χ4n) is 3.88. The van der Waals surface area contributed by atoms with Gasteiger partial charge in [-0.1, -0.05) is 31.5 Å². The first-order chi connectivity index (χ1) is 12.8. The highest BCUT2D eigenvalue weighted by atomic mass is 16.5. The van der Waals surface area contributed by atoms with E-state index in [1.54, 1.807) is 6.07 Å². The maximum absolute atomic E-state index is 12.6. The molecule has 142 valence electrons. The molecular weight excluding hydrogens is 336 g/mol. The average Bonchev–Trinajstić information content (AvgIpc) is 2.60. The predicted molar refractivity (Wildman–Crippen MR) is 111 cm³/mol. The number of nitrogens with zero attached hydrogens (tertiary/aromatic N) is 2. The van der Waals surface area contributed by atoms with Gasteiger partial charge in [0.1, 0.15) is 5.75 Å². The summed E-state index contributed by atoms with van der Waals surface area (Å²) in [5.74, 6) is 1.39. The monoisotopic (exact) mass is 364 g/mol. The van der Waals surface area contributed by atoms with Crippen molar-refractivity contribution in [3.05, 3.63) is 63.1 Å². The summed E-state index contributed by atoms with van der Waals surface area (Å²) >= 11 is 0. The molecule has 0 saturated carbocycles. The van der Waals surface area contributed by atoms with E-state index >= 15 is 0 Å². The van der Waals surface area contributed by atoms with E-state index in [1.807, 2.05) is 37.5 Å². The first-order valence-electron chi connectivity index (χ1n) is 9.64. The van der Waals surface area contributed by atoms with E-state index < -0.39 is 0 Å².